The number of carbonyl (C=O) groups excluding carboxylic acids is 1. The number of hydrogen-bond acceptors (Lipinski definition) is 3. The number of amides is 2. The number of carbonyl (C=O) groups is 1. The van der Waals surface area contributed by atoms with E-state index < -0.39 is 0 Å². The number of benzene rings is 1. The highest BCUT2D eigenvalue weighted by Crippen LogP contribution is 2.09. The number of halogens is 1. The van der Waals surface area contributed by atoms with Crippen molar-refractivity contribution >= 4 is 17.6 Å². The second kappa shape index (κ2) is 9.58. The fourth-order valence-electron chi connectivity index (χ4n) is 1.55. The van der Waals surface area contributed by atoms with Crippen LogP contribution >= 0.6 is 11.6 Å². The first-order chi connectivity index (χ1) is 9.61. The molecule has 3 N–H and O–H groups in total. The number of rotatable bonds is 8. The summed E-state index contributed by atoms with van der Waals surface area (Å²) >= 11 is 5.78. The Morgan fingerprint density at radius 1 is 1.40 bits per heavy atom. The molecular formula is C14H21ClN2O3. The number of aliphatic hydroxyl groups is 1. The summed E-state index contributed by atoms with van der Waals surface area (Å²) in [5, 5.41) is 14.8. The molecule has 1 atom stereocenters. The van der Waals surface area contributed by atoms with Gasteiger partial charge in [0.25, 0.3) is 0 Å². The Morgan fingerprint density at radius 2 is 2.10 bits per heavy atom. The van der Waals surface area contributed by atoms with Gasteiger partial charge in [0, 0.05) is 24.2 Å². The average Bonchev–Trinajstić information content (AvgIpc) is 2.40. The topological polar surface area (TPSA) is 70.6 Å². The lowest BCUT2D eigenvalue weighted by Crippen LogP contribution is -2.42. The van der Waals surface area contributed by atoms with Crippen LogP contribution in [-0.4, -0.2) is 36.9 Å². The molecule has 0 aromatic heterocycles. The van der Waals surface area contributed by atoms with Gasteiger partial charge in [-0.2, -0.15) is 0 Å². The third-order valence-electron chi connectivity index (χ3n) is 2.65. The van der Waals surface area contributed by atoms with Crippen LogP contribution in [0.1, 0.15) is 18.9 Å². The smallest absolute Gasteiger partial charge is 0.315 e. The van der Waals surface area contributed by atoms with Gasteiger partial charge in [-0.25, -0.2) is 4.79 Å². The minimum atomic E-state index is -0.249. The molecule has 5 nitrogen and oxygen atoms in total. The lowest BCUT2D eigenvalue weighted by Gasteiger charge is -2.13. The first-order valence-electron chi connectivity index (χ1n) is 6.59. The van der Waals surface area contributed by atoms with Crippen molar-refractivity contribution < 1.29 is 14.6 Å². The molecule has 2 amide bonds. The minimum absolute atomic E-state index is 0.0463. The molecule has 1 aromatic carbocycles. The Labute approximate surface area is 124 Å². The van der Waals surface area contributed by atoms with Crippen molar-refractivity contribution in [3.63, 3.8) is 0 Å². The van der Waals surface area contributed by atoms with E-state index in [0.29, 0.717) is 31.2 Å². The summed E-state index contributed by atoms with van der Waals surface area (Å²) in [6.45, 7) is 3.26. The van der Waals surface area contributed by atoms with E-state index in [1.165, 1.54) is 0 Å². The maximum atomic E-state index is 11.4. The molecule has 0 bridgehead atoms. The summed E-state index contributed by atoms with van der Waals surface area (Å²) in [5.41, 5.74) is 1.04. The molecule has 20 heavy (non-hydrogen) atoms. The third kappa shape index (κ3) is 7.33. The van der Waals surface area contributed by atoms with Crippen molar-refractivity contribution in [1.82, 2.24) is 10.6 Å². The Kier molecular flexibility index (Phi) is 8.02. The average molecular weight is 301 g/mol. The second-order valence-electron chi connectivity index (χ2n) is 4.49. The monoisotopic (exact) mass is 300 g/mol. The zero-order valence-electron chi connectivity index (χ0n) is 11.6. The SMILES string of the molecule is C[C@H](CCO)NC(=O)NCCOCc1ccc(Cl)cc1. The fraction of sp³-hybridized carbons (Fsp3) is 0.500. The molecule has 0 saturated carbocycles. The molecule has 0 saturated heterocycles. The van der Waals surface area contributed by atoms with Crippen molar-refractivity contribution in [3.8, 4) is 0 Å². The van der Waals surface area contributed by atoms with Gasteiger partial charge in [0.05, 0.1) is 13.2 Å². The van der Waals surface area contributed by atoms with Crippen LogP contribution < -0.4 is 10.6 Å². The highest BCUT2D eigenvalue weighted by Gasteiger charge is 2.05. The van der Waals surface area contributed by atoms with Crippen molar-refractivity contribution in [2.75, 3.05) is 19.8 Å². The van der Waals surface area contributed by atoms with Gasteiger partial charge in [0.15, 0.2) is 0 Å². The molecule has 0 unspecified atom stereocenters. The van der Waals surface area contributed by atoms with E-state index >= 15 is 0 Å². The van der Waals surface area contributed by atoms with Crippen LogP contribution in [-0.2, 0) is 11.3 Å². The summed E-state index contributed by atoms with van der Waals surface area (Å²) in [4.78, 5) is 11.4. The van der Waals surface area contributed by atoms with E-state index in [0.717, 1.165) is 5.56 Å². The van der Waals surface area contributed by atoms with Gasteiger partial charge in [-0.05, 0) is 31.0 Å². The van der Waals surface area contributed by atoms with Crippen molar-refractivity contribution in [2.45, 2.75) is 26.0 Å². The Bertz CT molecular complexity index is 398. The van der Waals surface area contributed by atoms with E-state index in [1.54, 1.807) is 0 Å². The van der Waals surface area contributed by atoms with Gasteiger partial charge in [-0.3, -0.25) is 0 Å². The van der Waals surface area contributed by atoms with E-state index in [-0.39, 0.29) is 18.7 Å². The molecule has 0 heterocycles. The first kappa shape index (κ1) is 16.8. The molecule has 0 aliphatic rings. The van der Waals surface area contributed by atoms with Crippen LogP contribution in [0.4, 0.5) is 4.79 Å². The first-order valence-corrected chi connectivity index (χ1v) is 6.97. The summed E-state index contributed by atoms with van der Waals surface area (Å²) < 4.78 is 5.44. The molecule has 0 fully saturated rings. The Balaban J connectivity index is 2.07. The Hall–Kier alpha value is -1.30. The standard InChI is InChI=1S/C14H21ClN2O3/c1-11(6-8-18)17-14(19)16-7-9-20-10-12-2-4-13(15)5-3-12/h2-5,11,18H,6-10H2,1H3,(H2,16,17,19)/t11-/m1/s1. The number of urea groups is 1. The third-order valence-corrected chi connectivity index (χ3v) is 2.91. The van der Waals surface area contributed by atoms with E-state index in [9.17, 15) is 4.79 Å². The van der Waals surface area contributed by atoms with Crippen LogP contribution in [0.3, 0.4) is 0 Å². The van der Waals surface area contributed by atoms with Crippen molar-refractivity contribution in [2.24, 2.45) is 0 Å². The van der Waals surface area contributed by atoms with Gasteiger partial charge < -0.3 is 20.5 Å². The van der Waals surface area contributed by atoms with Crippen LogP contribution in [0.25, 0.3) is 0 Å². The van der Waals surface area contributed by atoms with E-state index in [2.05, 4.69) is 10.6 Å². The van der Waals surface area contributed by atoms with Crippen molar-refractivity contribution in [3.05, 3.63) is 34.9 Å². The quantitative estimate of drug-likeness (QED) is 0.643. The maximum Gasteiger partial charge on any atom is 0.315 e. The van der Waals surface area contributed by atoms with Crippen LogP contribution in [0.15, 0.2) is 24.3 Å². The summed E-state index contributed by atoms with van der Waals surface area (Å²) in [5.74, 6) is 0. The lowest BCUT2D eigenvalue weighted by molar-refractivity contribution is 0.123. The molecule has 0 spiro atoms. The zero-order chi connectivity index (χ0) is 14.8. The predicted molar refractivity (Wildman–Crippen MR) is 78.8 cm³/mol. The lowest BCUT2D eigenvalue weighted by atomic mass is 10.2. The van der Waals surface area contributed by atoms with Gasteiger partial charge in [-0.1, -0.05) is 23.7 Å². The number of hydrogen-bond donors (Lipinski definition) is 3. The van der Waals surface area contributed by atoms with Crippen molar-refractivity contribution in [1.29, 1.82) is 0 Å². The number of aliphatic hydroxyl groups excluding tert-OH is 1. The molecule has 1 rings (SSSR count). The Morgan fingerprint density at radius 3 is 2.75 bits per heavy atom. The molecule has 0 radical (unpaired) electrons. The van der Waals surface area contributed by atoms with Gasteiger partial charge in [0.1, 0.15) is 0 Å². The number of nitrogens with one attached hydrogen (secondary N) is 2. The highest BCUT2D eigenvalue weighted by molar-refractivity contribution is 6.30. The van der Waals surface area contributed by atoms with Crippen LogP contribution in [0.2, 0.25) is 5.02 Å². The molecular weight excluding hydrogens is 280 g/mol. The van der Waals surface area contributed by atoms with E-state index in [4.69, 9.17) is 21.4 Å². The summed E-state index contributed by atoms with van der Waals surface area (Å²) in [6.07, 6.45) is 0.542. The van der Waals surface area contributed by atoms with Crippen LogP contribution in [0.5, 0.6) is 0 Å². The second-order valence-corrected chi connectivity index (χ2v) is 4.93. The predicted octanol–water partition coefficient (Wildman–Crippen LogP) is 1.93. The summed E-state index contributed by atoms with van der Waals surface area (Å²) in [7, 11) is 0. The molecule has 6 heteroatoms. The minimum Gasteiger partial charge on any atom is -0.396 e. The zero-order valence-corrected chi connectivity index (χ0v) is 12.3. The number of ether oxygens (including phenoxy) is 1. The van der Waals surface area contributed by atoms with Crippen LogP contribution in [0, 0.1) is 0 Å². The molecule has 112 valence electrons. The van der Waals surface area contributed by atoms with Gasteiger partial charge in [-0.15, -0.1) is 0 Å². The largest absolute Gasteiger partial charge is 0.396 e. The highest BCUT2D eigenvalue weighted by atomic mass is 35.5. The fourth-order valence-corrected chi connectivity index (χ4v) is 1.67. The molecule has 1 aromatic rings. The maximum absolute atomic E-state index is 11.4. The van der Waals surface area contributed by atoms with Gasteiger partial charge in [0.2, 0.25) is 0 Å². The molecule has 0 aliphatic carbocycles. The summed E-state index contributed by atoms with van der Waals surface area (Å²) in [6, 6.07) is 7.14. The molecule has 0 aliphatic heterocycles. The van der Waals surface area contributed by atoms with E-state index in [1.807, 2.05) is 31.2 Å². The van der Waals surface area contributed by atoms with Gasteiger partial charge >= 0.3 is 6.03 Å². The normalized spacial score (nSPS) is 11.9.